The van der Waals surface area contributed by atoms with E-state index in [4.69, 9.17) is 0 Å². The number of hydrogen-bond acceptors (Lipinski definition) is 7. The predicted molar refractivity (Wildman–Crippen MR) is 113 cm³/mol. The molecule has 0 spiro atoms. The first-order chi connectivity index (χ1) is 14.4. The largest absolute Gasteiger partial charge is 0.298 e. The fourth-order valence-corrected chi connectivity index (χ4v) is 6.14. The minimum absolute atomic E-state index is 0.251. The first kappa shape index (κ1) is 19.1. The molecule has 1 fully saturated rings. The Labute approximate surface area is 176 Å². The summed E-state index contributed by atoms with van der Waals surface area (Å²) in [5, 5.41) is 7.48. The van der Waals surface area contributed by atoms with Crippen molar-refractivity contribution < 1.29 is 13.2 Å². The number of aryl methyl sites for hydroxylation is 1. The highest BCUT2D eigenvalue weighted by Gasteiger charge is 2.27. The number of carbonyl (C=O) groups excluding carboxylic acids is 1. The van der Waals surface area contributed by atoms with Crippen molar-refractivity contribution in [1.82, 2.24) is 23.9 Å². The molecule has 0 aliphatic carbocycles. The topological polar surface area (TPSA) is 110 Å². The second-order valence-electron chi connectivity index (χ2n) is 7.06. The molecule has 0 unspecified atom stereocenters. The lowest BCUT2D eigenvalue weighted by Crippen LogP contribution is -2.27. The van der Waals surface area contributed by atoms with Crippen molar-refractivity contribution >= 4 is 48.3 Å². The van der Waals surface area contributed by atoms with E-state index in [1.807, 2.05) is 0 Å². The molecular weight excluding hydrogens is 424 g/mol. The van der Waals surface area contributed by atoms with Gasteiger partial charge in [0.1, 0.15) is 5.56 Å². The van der Waals surface area contributed by atoms with Crippen molar-refractivity contribution in [2.75, 3.05) is 18.4 Å². The number of rotatable bonds is 4. The van der Waals surface area contributed by atoms with Gasteiger partial charge in [-0.05, 0) is 44.0 Å². The first-order valence-corrected chi connectivity index (χ1v) is 11.7. The Hall–Kier alpha value is -2.89. The van der Waals surface area contributed by atoms with Crippen molar-refractivity contribution in [3.8, 4) is 0 Å². The van der Waals surface area contributed by atoms with Gasteiger partial charge in [0, 0.05) is 25.5 Å². The van der Waals surface area contributed by atoms with E-state index in [1.54, 1.807) is 48.1 Å². The molecule has 1 aromatic carbocycles. The number of sulfonamides is 1. The predicted octanol–water partition coefficient (Wildman–Crippen LogP) is 2.68. The van der Waals surface area contributed by atoms with Gasteiger partial charge in [-0.15, -0.1) is 0 Å². The molecule has 154 valence electrons. The molecule has 4 aromatic rings. The normalized spacial score (nSPS) is 15.2. The van der Waals surface area contributed by atoms with Gasteiger partial charge in [-0.2, -0.15) is 9.40 Å². The number of aromatic nitrogens is 4. The number of thiazole rings is 1. The van der Waals surface area contributed by atoms with E-state index in [9.17, 15) is 13.2 Å². The molecule has 11 heteroatoms. The van der Waals surface area contributed by atoms with Crippen LogP contribution >= 0.6 is 11.3 Å². The summed E-state index contributed by atoms with van der Waals surface area (Å²) in [7, 11) is -3.50. The van der Waals surface area contributed by atoms with E-state index < -0.39 is 10.0 Å². The molecule has 9 nitrogen and oxygen atoms in total. The number of benzene rings is 1. The van der Waals surface area contributed by atoms with Gasteiger partial charge in [0.05, 0.1) is 20.8 Å². The summed E-state index contributed by atoms with van der Waals surface area (Å²) in [6, 6.07) is 6.61. The summed E-state index contributed by atoms with van der Waals surface area (Å²) in [5.74, 6) is -0.356. The van der Waals surface area contributed by atoms with Gasteiger partial charge in [-0.25, -0.2) is 22.9 Å². The Morgan fingerprint density at radius 3 is 2.83 bits per heavy atom. The fourth-order valence-electron chi connectivity index (χ4n) is 3.62. The Balaban J connectivity index is 1.45. The monoisotopic (exact) mass is 442 g/mol. The summed E-state index contributed by atoms with van der Waals surface area (Å²) in [6.45, 7) is 2.85. The van der Waals surface area contributed by atoms with Crippen molar-refractivity contribution in [3.05, 3.63) is 47.9 Å². The molecular formula is C19H18N6O3S2. The summed E-state index contributed by atoms with van der Waals surface area (Å²) in [4.78, 5) is 21.8. The number of carbonyl (C=O) groups is 1. The maximum Gasteiger partial charge on any atom is 0.263 e. The van der Waals surface area contributed by atoms with Crippen LogP contribution in [-0.2, 0) is 10.0 Å². The lowest BCUT2D eigenvalue weighted by molar-refractivity contribution is 0.102. The minimum Gasteiger partial charge on any atom is -0.298 e. The number of hydrogen-bond donors (Lipinski definition) is 1. The summed E-state index contributed by atoms with van der Waals surface area (Å²) in [5.41, 5.74) is 2.04. The van der Waals surface area contributed by atoms with Crippen LogP contribution in [0, 0.1) is 6.92 Å². The Morgan fingerprint density at radius 1 is 1.23 bits per heavy atom. The summed E-state index contributed by atoms with van der Waals surface area (Å²) in [6.07, 6.45) is 5.10. The van der Waals surface area contributed by atoms with E-state index in [0.717, 1.165) is 12.8 Å². The van der Waals surface area contributed by atoms with E-state index in [1.165, 1.54) is 15.6 Å². The van der Waals surface area contributed by atoms with Crippen LogP contribution < -0.4 is 5.32 Å². The molecule has 30 heavy (non-hydrogen) atoms. The van der Waals surface area contributed by atoms with Gasteiger partial charge >= 0.3 is 0 Å². The van der Waals surface area contributed by atoms with Crippen molar-refractivity contribution in [2.45, 2.75) is 24.7 Å². The van der Waals surface area contributed by atoms with Crippen LogP contribution in [0.5, 0.6) is 0 Å². The highest BCUT2D eigenvalue weighted by Crippen LogP contribution is 2.30. The van der Waals surface area contributed by atoms with Crippen LogP contribution in [0.1, 0.15) is 28.9 Å². The molecule has 0 bridgehead atoms. The molecule has 5 rings (SSSR count). The van der Waals surface area contributed by atoms with Gasteiger partial charge in [-0.3, -0.25) is 10.1 Å². The van der Waals surface area contributed by atoms with E-state index in [-0.39, 0.29) is 10.8 Å². The highest BCUT2D eigenvalue weighted by atomic mass is 32.2. The van der Waals surface area contributed by atoms with Gasteiger partial charge in [-0.1, -0.05) is 11.3 Å². The number of nitrogens with zero attached hydrogens (tertiary/aromatic N) is 5. The summed E-state index contributed by atoms with van der Waals surface area (Å²) >= 11 is 1.23. The molecule has 0 saturated carbocycles. The third-order valence-electron chi connectivity index (χ3n) is 5.08. The Morgan fingerprint density at radius 2 is 2.03 bits per heavy atom. The average Bonchev–Trinajstić information content (AvgIpc) is 3.44. The van der Waals surface area contributed by atoms with Crippen LogP contribution in [0.2, 0.25) is 0 Å². The van der Waals surface area contributed by atoms with Gasteiger partial charge in [0.25, 0.3) is 5.91 Å². The second kappa shape index (κ2) is 7.11. The molecule has 3 aromatic heterocycles. The van der Waals surface area contributed by atoms with Crippen LogP contribution in [0.15, 0.2) is 41.6 Å². The van der Waals surface area contributed by atoms with Gasteiger partial charge < -0.3 is 0 Å². The maximum atomic E-state index is 12.8. The molecule has 0 atom stereocenters. The zero-order valence-electron chi connectivity index (χ0n) is 16.1. The lowest BCUT2D eigenvalue weighted by atomic mass is 10.2. The number of anilines is 1. The van der Waals surface area contributed by atoms with Crippen molar-refractivity contribution in [3.63, 3.8) is 0 Å². The molecule has 1 amide bonds. The van der Waals surface area contributed by atoms with E-state index >= 15 is 0 Å². The number of fused-ring (bicyclic) bond motifs is 2. The fraction of sp³-hybridized carbons (Fsp3) is 0.263. The van der Waals surface area contributed by atoms with Crippen LogP contribution in [0.25, 0.3) is 15.9 Å². The smallest absolute Gasteiger partial charge is 0.263 e. The maximum absolute atomic E-state index is 12.8. The zero-order chi connectivity index (χ0) is 20.9. The van der Waals surface area contributed by atoms with Gasteiger partial charge in [0.2, 0.25) is 10.0 Å². The summed E-state index contributed by atoms with van der Waals surface area (Å²) < 4.78 is 29.4. The zero-order valence-corrected chi connectivity index (χ0v) is 17.7. The quantitative estimate of drug-likeness (QED) is 0.520. The average molecular weight is 443 g/mol. The first-order valence-electron chi connectivity index (χ1n) is 9.45. The van der Waals surface area contributed by atoms with Gasteiger partial charge in [0.15, 0.2) is 10.8 Å². The van der Waals surface area contributed by atoms with Crippen LogP contribution in [0.3, 0.4) is 0 Å². The molecule has 1 N–H and O–H groups in total. The minimum atomic E-state index is -3.50. The van der Waals surface area contributed by atoms with Crippen LogP contribution in [0.4, 0.5) is 5.13 Å². The third kappa shape index (κ3) is 3.15. The lowest BCUT2D eigenvalue weighted by Gasteiger charge is -2.15. The Kier molecular flexibility index (Phi) is 4.53. The Bertz CT molecular complexity index is 1390. The van der Waals surface area contributed by atoms with E-state index in [2.05, 4.69) is 20.4 Å². The van der Waals surface area contributed by atoms with Crippen molar-refractivity contribution in [2.24, 2.45) is 0 Å². The molecule has 1 saturated heterocycles. The van der Waals surface area contributed by atoms with E-state index in [0.29, 0.717) is 45.3 Å². The van der Waals surface area contributed by atoms with Crippen LogP contribution in [-0.4, -0.2) is 51.3 Å². The molecule has 0 radical (unpaired) electrons. The number of nitrogens with one attached hydrogen (secondary N) is 1. The number of amides is 1. The standard InChI is InChI=1S/C19H18N6O3S2/c1-12-16(17-20-7-4-10-25(17)23-12)18(26)22-19-21-14-6-5-13(11-15(14)29-19)30(27,28)24-8-2-3-9-24/h4-7,10-11H,2-3,8-9H2,1H3,(H,21,22,26). The molecule has 1 aliphatic heterocycles. The van der Waals surface area contributed by atoms with Crippen molar-refractivity contribution in [1.29, 1.82) is 0 Å². The molecule has 4 heterocycles. The third-order valence-corrected chi connectivity index (χ3v) is 7.91. The SMILES string of the molecule is Cc1nn2cccnc2c1C(=O)Nc1nc2ccc(S(=O)(=O)N3CCCC3)cc2s1. The second-order valence-corrected chi connectivity index (χ2v) is 10.0. The highest BCUT2D eigenvalue weighted by molar-refractivity contribution is 7.89. The molecule has 1 aliphatic rings.